The van der Waals surface area contributed by atoms with Crippen molar-refractivity contribution in [2.24, 2.45) is 46.3 Å². The van der Waals surface area contributed by atoms with Crippen molar-refractivity contribution in [3.63, 3.8) is 0 Å². The van der Waals surface area contributed by atoms with Crippen LogP contribution in [0.5, 0.6) is 0 Å². The summed E-state index contributed by atoms with van der Waals surface area (Å²) < 4.78 is 110. The lowest BCUT2D eigenvalue weighted by Crippen LogP contribution is -2.57. The zero-order chi connectivity index (χ0) is 29.0. The summed E-state index contributed by atoms with van der Waals surface area (Å²) in [5.74, 6) is 2.03. The molecule has 0 aromatic carbocycles. The van der Waals surface area contributed by atoms with Crippen LogP contribution in [0.15, 0.2) is 0 Å². The van der Waals surface area contributed by atoms with Crippen molar-refractivity contribution in [2.75, 3.05) is 6.61 Å². The van der Waals surface area contributed by atoms with E-state index in [0.717, 1.165) is 44.9 Å². The number of hydrogen-bond acceptors (Lipinski definition) is 9. The van der Waals surface area contributed by atoms with Gasteiger partial charge in [-0.3, -0.25) is 13.7 Å². The van der Waals surface area contributed by atoms with E-state index in [1.165, 1.54) is 0 Å². The molecule has 15 heteroatoms. The number of rotatable bonds is 10. The van der Waals surface area contributed by atoms with Crippen LogP contribution in [0.3, 0.4) is 0 Å². The Balaban J connectivity index is 1.49. The third kappa shape index (κ3) is 6.99. The molecular formula is C24H42O12S3. The van der Waals surface area contributed by atoms with Gasteiger partial charge < -0.3 is 0 Å². The largest absolute Gasteiger partial charge is 0.397 e. The van der Waals surface area contributed by atoms with Gasteiger partial charge in [0.1, 0.15) is 12.2 Å². The maximum atomic E-state index is 11.6. The minimum atomic E-state index is -4.88. The van der Waals surface area contributed by atoms with Crippen molar-refractivity contribution in [3.05, 3.63) is 0 Å². The summed E-state index contributed by atoms with van der Waals surface area (Å²) in [5, 5.41) is 0. The summed E-state index contributed by atoms with van der Waals surface area (Å²) in [5.41, 5.74) is -0.237. The van der Waals surface area contributed by atoms with Crippen LogP contribution in [0.2, 0.25) is 0 Å². The van der Waals surface area contributed by atoms with Crippen LogP contribution in [0, 0.1) is 46.3 Å². The quantitative estimate of drug-likeness (QED) is 0.237. The molecule has 228 valence electrons. The highest BCUT2D eigenvalue weighted by molar-refractivity contribution is 7.81. The molecule has 39 heavy (non-hydrogen) atoms. The van der Waals surface area contributed by atoms with Crippen LogP contribution < -0.4 is 0 Å². The van der Waals surface area contributed by atoms with Crippen molar-refractivity contribution in [2.45, 2.75) is 97.2 Å². The Morgan fingerprint density at radius 1 is 0.795 bits per heavy atom. The van der Waals surface area contributed by atoms with Crippen molar-refractivity contribution < 1.29 is 51.5 Å². The molecule has 0 aliphatic heterocycles. The van der Waals surface area contributed by atoms with Gasteiger partial charge in [-0.1, -0.05) is 20.8 Å². The average Bonchev–Trinajstić information content (AvgIpc) is 3.12. The topological polar surface area (TPSA) is 191 Å². The molecule has 0 spiro atoms. The van der Waals surface area contributed by atoms with Crippen molar-refractivity contribution in [1.82, 2.24) is 0 Å². The fraction of sp³-hybridized carbons (Fsp3) is 1.00. The molecule has 0 heterocycles. The Hall–Kier alpha value is -0.390. The Kier molecular flexibility index (Phi) is 8.92. The van der Waals surface area contributed by atoms with E-state index < -0.39 is 43.4 Å². The smallest absolute Gasteiger partial charge is 0.264 e. The SMILES string of the molecule is CC(CCCOS(=O)(=O)O)C1CCC2C3CCC4CC(OS(=O)(=O)O)C(OS(=O)(=O)O)CC4(C)C3CCC12C. The van der Waals surface area contributed by atoms with Crippen LogP contribution in [0.4, 0.5) is 0 Å². The molecule has 4 aliphatic carbocycles. The molecule has 10 unspecified atom stereocenters. The maximum absolute atomic E-state index is 11.6. The maximum Gasteiger partial charge on any atom is 0.397 e. The predicted molar refractivity (Wildman–Crippen MR) is 139 cm³/mol. The normalized spacial score (nSPS) is 41.8. The first-order valence-corrected chi connectivity index (χ1v) is 17.8. The van der Waals surface area contributed by atoms with Gasteiger partial charge in [-0.25, -0.2) is 12.5 Å². The van der Waals surface area contributed by atoms with E-state index in [-0.39, 0.29) is 42.1 Å². The molecule has 4 rings (SSSR count). The molecule has 0 aromatic rings. The summed E-state index contributed by atoms with van der Waals surface area (Å²) in [7, 11) is -14.2. The summed E-state index contributed by atoms with van der Waals surface area (Å²) in [6, 6.07) is 0. The third-order valence-corrected chi connectivity index (χ3v) is 12.4. The highest BCUT2D eigenvalue weighted by Crippen LogP contribution is 2.68. The van der Waals surface area contributed by atoms with Crippen molar-refractivity contribution in [3.8, 4) is 0 Å². The minimum absolute atomic E-state index is 0.0461. The lowest BCUT2D eigenvalue weighted by atomic mass is 9.44. The highest BCUT2D eigenvalue weighted by Gasteiger charge is 2.62. The summed E-state index contributed by atoms with van der Waals surface area (Å²) >= 11 is 0. The van der Waals surface area contributed by atoms with Crippen LogP contribution in [0.1, 0.15) is 85.0 Å². The van der Waals surface area contributed by atoms with Gasteiger partial charge in [-0.15, -0.1) is 0 Å². The molecule has 4 aliphatic rings. The molecule has 3 N–H and O–H groups in total. The van der Waals surface area contributed by atoms with Crippen LogP contribution in [-0.4, -0.2) is 57.7 Å². The zero-order valence-corrected chi connectivity index (χ0v) is 25.1. The number of hydrogen-bond donors (Lipinski definition) is 3. The monoisotopic (exact) mass is 618 g/mol. The highest BCUT2D eigenvalue weighted by atomic mass is 32.3. The first kappa shape index (κ1) is 31.5. The Bertz CT molecular complexity index is 1220. The fourth-order valence-electron chi connectivity index (χ4n) is 9.49. The van der Waals surface area contributed by atoms with E-state index >= 15 is 0 Å². The van der Waals surface area contributed by atoms with Gasteiger partial charge in [0.2, 0.25) is 0 Å². The van der Waals surface area contributed by atoms with Gasteiger partial charge in [-0.2, -0.15) is 25.3 Å². The molecule has 10 atom stereocenters. The van der Waals surface area contributed by atoms with Crippen molar-refractivity contribution in [1.29, 1.82) is 0 Å². The molecule has 0 saturated heterocycles. The van der Waals surface area contributed by atoms with E-state index in [9.17, 15) is 34.4 Å². The minimum Gasteiger partial charge on any atom is -0.264 e. The average molecular weight is 619 g/mol. The third-order valence-electron chi connectivity index (χ3n) is 10.9. The Morgan fingerprint density at radius 2 is 1.41 bits per heavy atom. The van der Waals surface area contributed by atoms with Crippen LogP contribution in [0.25, 0.3) is 0 Å². The van der Waals surface area contributed by atoms with Crippen molar-refractivity contribution >= 4 is 31.2 Å². The molecule has 0 aromatic heterocycles. The van der Waals surface area contributed by atoms with Gasteiger partial charge in [-0.05, 0) is 111 Å². The van der Waals surface area contributed by atoms with E-state index in [0.29, 0.717) is 30.1 Å². The number of fused-ring (bicyclic) bond motifs is 5. The van der Waals surface area contributed by atoms with Crippen LogP contribution >= 0.6 is 0 Å². The van der Waals surface area contributed by atoms with E-state index in [1.54, 1.807) is 0 Å². The van der Waals surface area contributed by atoms with Gasteiger partial charge in [0.15, 0.2) is 0 Å². The second-order valence-electron chi connectivity index (χ2n) is 12.8. The summed E-state index contributed by atoms with van der Waals surface area (Å²) in [4.78, 5) is 0. The van der Waals surface area contributed by atoms with Gasteiger partial charge in [0, 0.05) is 0 Å². The molecule has 12 nitrogen and oxygen atoms in total. The standard InChI is InChI=1S/C24H42O12S3/c1-15(5-4-12-34-37(25,26)27)18-8-9-19-17-7-6-16-13-21(35-38(28,29)30)22(36-39(31,32)33)14-24(16,3)20(17)10-11-23(18,19)2/h15-22H,4-14H2,1-3H3,(H,25,26,27)(H,28,29,30)(H,31,32,33). The molecule has 4 fully saturated rings. The van der Waals surface area contributed by atoms with E-state index in [1.807, 2.05) is 0 Å². The lowest BCUT2D eigenvalue weighted by Gasteiger charge is -2.62. The zero-order valence-electron chi connectivity index (χ0n) is 22.6. The molecular weight excluding hydrogens is 576 g/mol. The lowest BCUT2D eigenvalue weighted by molar-refractivity contribution is -0.152. The van der Waals surface area contributed by atoms with E-state index in [2.05, 4.69) is 25.0 Å². The Labute approximate surface area is 232 Å². The second-order valence-corrected chi connectivity index (χ2v) is 16.0. The second kappa shape index (κ2) is 11.0. The summed E-state index contributed by atoms with van der Waals surface area (Å²) in [6.45, 7) is 6.64. The molecule has 4 saturated carbocycles. The fourth-order valence-corrected chi connectivity index (χ4v) is 10.8. The molecule has 0 bridgehead atoms. The summed E-state index contributed by atoms with van der Waals surface area (Å²) in [6.07, 6.45) is 5.13. The van der Waals surface area contributed by atoms with E-state index in [4.69, 9.17) is 12.9 Å². The molecule has 0 amide bonds. The Morgan fingerprint density at radius 3 is 2.03 bits per heavy atom. The predicted octanol–water partition coefficient (Wildman–Crippen LogP) is 3.87. The van der Waals surface area contributed by atoms with Gasteiger partial charge >= 0.3 is 31.2 Å². The van der Waals surface area contributed by atoms with Gasteiger partial charge in [0.25, 0.3) is 0 Å². The van der Waals surface area contributed by atoms with Gasteiger partial charge in [0.05, 0.1) is 6.61 Å². The molecule has 0 radical (unpaired) electrons. The first-order chi connectivity index (χ1) is 17.8. The first-order valence-electron chi connectivity index (χ1n) is 13.8. The van der Waals surface area contributed by atoms with Crippen LogP contribution in [-0.2, 0) is 43.7 Å².